The Balaban J connectivity index is -0.00000000604. The van der Waals surface area contributed by atoms with Crippen LogP contribution >= 0.6 is 0 Å². The molecule has 0 spiro atoms. The van der Waals surface area contributed by atoms with E-state index in [9.17, 15) is 9.90 Å². The summed E-state index contributed by atoms with van der Waals surface area (Å²) in [4.78, 5) is 16.3. The van der Waals surface area contributed by atoms with Crippen molar-refractivity contribution in [2.45, 2.75) is 84.9 Å². The van der Waals surface area contributed by atoms with E-state index in [0.29, 0.717) is 6.42 Å². The Labute approximate surface area is 354 Å². The van der Waals surface area contributed by atoms with Crippen LogP contribution < -0.4 is 0 Å². The smallest absolute Gasteiger partial charge is 0.255 e. The molecule has 1 saturated heterocycles. The topological polar surface area (TPSA) is 68.9 Å². The number of carbonyl (C=O) groups is 1. The average Bonchev–Trinajstić information content (AvgIpc) is 3.57. The van der Waals surface area contributed by atoms with Gasteiger partial charge >= 0.3 is 0 Å². The second-order valence-corrected chi connectivity index (χ2v) is 14.2. The summed E-state index contributed by atoms with van der Waals surface area (Å²) in [7, 11) is 3.58. The third-order valence-corrected chi connectivity index (χ3v) is 11.6. The Hall–Kier alpha value is -3.39. The van der Waals surface area contributed by atoms with Crippen LogP contribution in [0.1, 0.15) is 177 Å². The summed E-state index contributed by atoms with van der Waals surface area (Å²) in [6, 6.07) is 8.62. The molecule has 7 heteroatoms. The lowest BCUT2D eigenvalue weighted by Crippen LogP contribution is -2.58. The van der Waals surface area contributed by atoms with Gasteiger partial charge in [-0.1, -0.05) is 26.0 Å². The Bertz CT molecular complexity index is 2220. The van der Waals surface area contributed by atoms with Crippen molar-refractivity contribution in [3.63, 3.8) is 0 Å². The highest BCUT2D eigenvalue weighted by Crippen LogP contribution is 2.62. The van der Waals surface area contributed by atoms with Gasteiger partial charge in [0.25, 0.3) is 5.91 Å². The van der Waals surface area contributed by atoms with Crippen molar-refractivity contribution in [2.75, 3.05) is 20.8 Å². The number of aromatic nitrogens is 2. The number of benzene rings is 3. The lowest BCUT2D eigenvalue weighted by atomic mass is 9.80. The van der Waals surface area contributed by atoms with Gasteiger partial charge in [0, 0.05) is 152 Å². The van der Waals surface area contributed by atoms with E-state index in [-0.39, 0.29) is 117 Å². The molecule has 0 saturated carbocycles. The van der Waals surface area contributed by atoms with Crippen LogP contribution in [0.5, 0.6) is 0 Å². The van der Waals surface area contributed by atoms with Crippen LogP contribution in [-0.2, 0) is 20.7 Å². The molecular formula is C36H179N3O4. The molecule has 1 amide bonds. The normalized spacial score (nSPS) is 25.9. The van der Waals surface area contributed by atoms with Gasteiger partial charge in [-0.2, -0.15) is 0 Å². The Morgan fingerprint density at radius 1 is 1.02 bits per heavy atom. The highest BCUT2D eigenvalue weighted by molar-refractivity contribution is 6.32. The largest absolute Gasteiger partial charge is 0.382 e. The molecule has 8 rings (SSSR count). The van der Waals surface area contributed by atoms with Gasteiger partial charge in [-0.3, -0.25) is 4.79 Å². The fraction of sp³-hybridized carbons (Fsp3) is 0.472. The van der Waals surface area contributed by atoms with Gasteiger partial charge < -0.3 is 28.6 Å². The Kier molecular flexibility index (Phi) is 5.06. The number of carbonyl (C=O) groups excluding carboxylic acids is 1. The van der Waals surface area contributed by atoms with E-state index in [2.05, 4.69) is 88.8 Å². The molecular weight excluding hydrogens is 538 g/mol. The molecule has 0 radical (unpaired) electrons. The van der Waals surface area contributed by atoms with Crippen molar-refractivity contribution >= 4 is 49.5 Å². The second-order valence-electron chi connectivity index (χ2n) is 14.2. The van der Waals surface area contributed by atoms with E-state index in [4.69, 9.17) is 9.47 Å². The summed E-state index contributed by atoms with van der Waals surface area (Å²) in [5.41, 5.74) is 7.74. The van der Waals surface area contributed by atoms with Gasteiger partial charge in [-0.15, -0.1) is 0 Å². The summed E-state index contributed by atoms with van der Waals surface area (Å²) >= 11 is 0. The number of nitrogens with zero attached hydrogens (tertiary/aromatic N) is 3. The number of aryl methyl sites for hydroxylation is 3. The molecule has 362 valence electrons. The van der Waals surface area contributed by atoms with E-state index in [0.717, 1.165) is 60.3 Å². The second kappa shape index (κ2) is 8.00. The van der Waals surface area contributed by atoms with Crippen molar-refractivity contribution in [1.82, 2.24) is 14.0 Å². The summed E-state index contributed by atoms with van der Waals surface area (Å²) in [6.45, 7) is 17.4. The molecule has 3 aliphatic rings. The predicted molar refractivity (Wildman–Crippen MR) is 317 cm³/mol. The van der Waals surface area contributed by atoms with Gasteiger partial charge in [-0.05, 0) is 75.9 Å². The number of rotatable bonds is 3. The first-order valence-electron chi connectivity index (χ1n) is 15.5. The van der Waals surface area contributed by atoms with Gasteiger partial charge in [0.15, 0.2) is 5.72 Å². The maximum atomic E-state index is 14.4. The first kappa shape index (κ1) is 27.2. The van der Waals surface area contributed by atoms with E-state index in [1.165, 1.54) is 16.7 Å². The number of hydrogen-bond acceptors (Lipinski definition) is 4. The molecule has 5 heterocycles. The Morgan fingerprint density at radius 2 is 1.74 bits per heavy atom. The van der Waals surface area contributed by atoms with Crippen LogP contribution in [0, 0.1) is 33.6 Å². The van der Waals surface area contributed by atoms with Gasteiger partial charge in [0.1, 0.15) is 11.8 Å². The summed E-state index contributed by atoms with van der Waals surface area (Å²) < 4.78 is 17.7. The van der Waals surface area contributed by atoms with Crippen molar-refractivity contribution in [2.24, 2.45) is 5.92 Å². The van der Waals surface area contributed by atoms with Crippen LogP contribution in [-0.4, -0.2) is 51.4 Å². The molecule has 0 unspecified atom stereocenters. The molecule has 3 aromatic carbocycles. The molecule has 3 atom stereocenters. The molecule has 1 fully saturated rings. The number of aliphatic hydroxyl groups is 1. The van der Waals surface area contributed by atoms with Crippen LogP contribution in [0.3, 0.4) is 0 Å². The minimum Gasteiger partial charge on any atom is -0.382 e. The van der Waals surface area contributed by atoms with Crippen LogP contribution in [0.4, 0.5) is 0 Å². The summed E-state index contributed by atoms with van der Waals surface area (Å²) in [5.74, 6) is -0.0482. The number of methoxy groups -OCH3 is 1. The highest BCUT2D eigenvalue weighted by Gasteiger charge is 2.65. The third-order valence-electron chi connectivity index (χ3n) is 11.6. The van der Waals surface area contributed by atoms with Crippen molar-refractivity contribution in [3.05, 3.63) is 57.6 Å². The quantitative estimate of drug-likeness (QED) is 0.202. The lowest BCUT2D eigenvalue weighted by Gasteiger charge is -2.45. The highest BCUT2D eigenvalue weighted by atomic mass is 16.6. The van der Waals surface area contributed by atoms with Gasteiger partial charge in [0.05, 0.1) is 39.8 Å². The maximum absolute atomic E-state index is 14.4. The zero-order chi connectivity index (χ0) is 30.7. The standard InChI is InChI=1S/C36H41N3O4.69H2/c1-17(2)36-35(41,16-42-10)15-24(43-36)38-22-13-11-12-18(3)25(22)27-29-30(34(7,8)37(9)33(29)40)28-26-21(6)20(5)19(4)14-23(26)39(36)32(28)31(27)38;;;;;;;;;;;;;;;;;;;;;;;;;;;;;;;;;;;;;;;;;;;;;;;;;;;;;;;;;;;;;;;;;;;;;/h11-14,17,24,41H,15-16H2,1-10H3;69*1H/t24-,35+,36+;;;;;;;;;;;;;;;;;;;;;;;;;;;;;;;;;;;;;;;;;;;;;;;;;;;;;;;;;;;;;;;;;;;;;/m1...................................................................../s1. The van der Waals surface area contributed by atoms with Crippen LogP contribution in [0.25, 0.3) is 43.6 Å². The fourth-order valence-electron chi connectivity index (χ4n) is 9.23. The van der Waals surface area contributed by atoms with E-state index < -0.39 is 23.1 Å². The average molecular weight is 719 g/mol. The lowest BCUT2D eigenvalue weighted by molar-refractivity contribution is -0.228. The minimum atomic E-state index is -1.31. The monoisotopic (exact) mass is 718 g/mol. The minimum absolute atomic E-state index is 0. The summed E-state index contributed by atoms with van der Waals surface area (Å²) in [6.07, 6.45) is -0.0809. The number of amides is 1. The van der Waals surface area contributed by atoms with Crippen molar-refractivity contribution in [1.29, 1.82) is 0 Å². The van der Waals surface area contributed by atoms with Crippen LogP contribution in [0.15, 0.2) is 24.3 Å². The van der Waals surface area contributed by atoms with Crippen molar-refractivity contribution < 1.29 is 118 Å². The molecule has 0 aliphatic carbocycles. The zero-order valence-electron chi connectivity index (χ0n) is 26.9. The first-order valence-corrected chi connectivity index (χ1v) is 15.5. The van der Waals surface area contributed by atoms with Crippen LogP contribution in [0.2, 0.25) is 0 Å². The zero-order valence-corrected chi connectivity index (χ0v) is 26.9. The van der Waals surface area contributed by atoms with E-state index in [1.54, 1.807) is 7.11 Å². The molecule has 2 bridgehead atoms. The number of fused-ring (bicyclic) bond motifs is 13. The fourth-order valence-corrected chi connectivity index (χ4v) is 9.23. The van der Waals surface area contributed by atoms with Gasteiger partial charge in [-0.25, -0.2) is 0 Å². The van der Waals surface area contributed by atoms with Gasteiger partial charge in [0.2, 0.25) is 0 Å². The predicted octanol–water partition coefficient (Wildman–Crippen LogP) is 24.0. The molecule has 7 nitrogen and oxygen atoms in total. The van der Waals surface area contributed by atoms with E-state index >= 15 is 0 Å². The van der Waals surface area contributed by atoms with Crippen molar-refractivity contribution in [3.8, 4) is 0 Å². The molecule has 2 aromatic heterocycles. The Morgan fingerprint density at radius 3 is 2.42 bits per heavy atom. The molecule has 3 aliphatic heterocycles. The number of hydrogen-bond donors (Lipinski definition) is 1. The molecule has 5 aromatic rings. The summed E-state index contributed by atoms with van der Waals surface area (Å²) in [5, 5.41) is 17.1. The molecule has 43 heavy (non-hydrogen) atoms. The first-order chi connectivity index (χ1) is 20.2. The third kappa shape index (κ3) is 2.73. The SMILES string of the molecule is COC[C@@]1(O)C[C@H]2O[C@]1(C(C)C)n1c3cc(C)c(C)c(C)c3c3c4c(c5c6c(C)cccc6n2c5c31)C(=O)N(C)C4(C)C.[HH].[HH].[HH].[HH].[HH].[HH].[HH].[HH].[HH].[HH].[HH].[HH].[HH].[HH].[HH].[HH].[HH].[HH].[HH].[HH].[HH].[HH].[HH].[HH].[HH].[HH].[HH].[HH].[HH].[HH].[HH].[HH].[HH].[HH].[HH].[HH].[HH].[HH].[HH].[HH].[HH].[HH].[HH].[HH].[HH].[HH].[HH].[HH].[HH].[HH].[HH].[HH].[HH].[HH].[HH].[HH].[HH].[HH].[HH].[HH].[HH].[HH].[HH].[HH].[HH].[HH].[HH].[HH].[HH]. The molecule has 1 N–H and O–H groups in total. The van der Waals surface area contributed by atoms with E-state index in [1.807, 2.05) is 11.9 Å². The number of ether oxygens (including phenoxy) is 2. The maximum Gasteiger partial charge on any atom is 0.255 e.